The van der Waals surface area contributed by atoms with Gasteiger partial charge in [-0.2, -0.15) is 0 Å². The first kappa shape index (κ1) is 15.1. The number of carbonyl (C=O) groups excluding carboxylic acids is 1. The van der Waals surface area contributed by atoms with E-state index in [0.29, 0.717) is 22.1 Å². The van der Waals surface area contributed by atoms with E-state index < -0.39 is 17.7 Å². The van der Waals surface area contributed by atoms with Crippen LogP contribution in [0.4, 0.5) is 0 Å². The molecule has 2 aromatic carbocycles. The van der Waals surface area contributed by atoms with Gasteiger partial charge in [0.25, 0.3) is 0 Å². The molecule has 0 aliphatic rings. The molecule has 0 saturated heterocycles. The minimum atomic E-state index is -1.14. The van der Waals surface area contributed by atoms with E-state index in [1.54, 1.807) is 48.5 Å². The van der Waals surface area contributed by atoms with Crippen molar-refractivity contribution in [1.82, 2.24) is 0 Å². The summed E-state index contributed by atoms with van der Waals surface area (Å²) in [5.74, 6) is -1.52. The van der Waals surface area contributed by atoms with Crippen molar-refractivity contribution in [1.29, 1.82) is 0 Å². The average Bonchev–Trinajstić information content (AvgIpc) is 2.46. The van der Waals surface area contributed by atoms with Gasteiger partial charge in [-0.05, 0) is 49.4 Å². The van der Waals surface area contributed by atoms with Crippen molar-refractivity contribution in [3.63, 3.8) is 0 Å². The second-order valence-corrected chi connectivity index (χ2v) is 4.94. The second-order valence-electron chi connectivity index (χ2n) is 4.51. The topological polar surface area (TPSA) is 63.6 Å². The van der Waals surface area contributed by atoms with Crippen LogP contribution in [0.15, 0.2) is 48.5 Å². The third-order valence-corrected chi connectivity index (χ3v) is 3.17. The number of hydrogen-bond acceptors (Lipinski definition) is 3. The minimum Gasteiger partial charge on any atom is -0.481 e. The Balaban J connectivity index is 2.12. The standard InChI is InChI=1S/C16H13ClO4/c1-10(16(19)20)15(18)11-5-7-13(8-6-11)21-14-4-2-3-12(17)9-14/h2-10H,1H3,(H,19,20). The van der Waals surface area contributed by atoms with Gasteiger partial charge in [0, 0.05) is 10.6 Å². The molecule has 108 valence electrons. The predicted octanol–water partition coefficient (Wildman–Crippen LogP) is 4.04. The lowest BCUT2D eigenvalue weighted by Crippen LogP contribution is -2.20. The fourth-order valence-electron chi connectivity index (χ4n) is 1.72. The summed E-state index contributed by atoms with van der Waals surface area (Å²) >= 11 is 5.86. The molecule has 0 spiro atoms. The van der Waals surface area contributed by atoms with Crippen LogP contribution in [0.2, 0.25) is 5.02 Å². The summed E-state index contributed by atoms with van der Waals surface area (Å²) in [5.41, 5.74) is 0.336. The summed E-state index contributed by atoms with van der Waals surface area (Å²) in [7, 11) is 0. The van der Waals surface area contributed by atoms with Gasteiger partial charge in [0.05, 0.1) is 0 Å². The van der Waals surface area contributed by atoms with Gasteiger partial charge in [0.1, 0.15) is 17.4 Å². The minimum absolute atomic E-state index is 0.336. The molecule has 0 fully saturated rings. The van der Waals surface area contributed by atoms with Crippen LogP contribution >= 0.6 is 11.6 Å². The third kappa shape index (κ3) is 3.83. The highest BCUT2D eigenvalue weighted by Gasteiger charge is 2.21. The predicted molar refractivity (Wildman–Crippen MR) is 79.1 cm³/mol. The highest BCUT2D eigenvalue weighted by molar-refractivity contribution is 6.30. The molecule has 0 saturated carbocycles. The summed E-state index contributed by atoms with van der Waals surface area (Å²) in [6.45, 7) is 1.36. The van der Waals surface area contributed by atoms with Crippen LogP contribution in [-0.2, 0) is 4.79 Å². The Morgan fingerprint density at radius 2 is 1.76 bits per heavy atom. The van der Waals surface area contributed by atoms with E-state index in [1.165, 1.54) is 6.92 Å². The largest absolute Gasteiger partial charge is 0.481 e. The number of carboxylic acid groups (broad SMARTS) is 1. The SMILES string of the molecule is CC(C(=O)O)C(=O)c1ccc(Oc2cccc(Cl)c2)cc1. The average molecular weight is 305 g/mol. The number of Topliss-reactive ketones (excluding diaryl/α,β-unsaturated/α-hetero) is 1. The monoisotopic (exact) mass is 304 g/mol. The van der Waals surface area contributed by atoms with Gasteiger partial charge in [0.15, 0.2) is 5.78 Å². The van der Waals surface area contributed by atoms with Crippen molar-refractivity contribution in [3.8, 4) is 11.5 Å². The van der Waals surface area contributed by atoms with E-state index in [0.717, 1.165) is 0 Å². The van der Waals surface area contributed by atoms with Crippen molar-refractivity contribution in [2.24, 2.45) is 5.92 Å². The number of halogens is 1. The molecular formula is C16H13ClO4. The molecule has 1 unspecified atom stereocenters. The van der Waals surface area contributed by atoms with E-state index in [4.69, 9.17) is 21.4 Å². The van der Waals surface area contributed by atoms with Crippen molar-refractivity contribution in [3.05, 3.63) is 59.1 Å². The van der Waals surface area contributed by atoms with Gasteiger partial charge >= 0.3 is 5.97 Å². The Kier molecular flexibility index (Phi) is 4.60. The molecule has 0 heterocycles. The summed E-state index contributed by atoms with van der Waals surface area (Å²) in [5, 5.41) is 9.40. The van der Waals surface area contributed by atoms with E-state index in [9.17, 15) is 9.59 Å². The number of carbonyl (C=O) groups is 2. The highest BCUT2D eigenvalue weighted by atomic mass is 35.5. The molecule has 0 radical (unpaired) electrons. The first-order valence-corrected chi connectivity index (χ1v) is 6.65. The van der Waals surface area contributed by atoms with Gasteiger partial charge in [-0.3, -0.25) is 9.59 Å². The van der Waals surface area contributed by atoms with Gasteiger partial charge in [-0.1, -0.05) is 17.7 Å². The summed E-state index contributed by atoms with van der Waals surface area (Å²) in [4.78, 5) is 22.7. The molecule has 0 aliphatic carbocycles. The quantitative estimate of drug-likeness (QED) is 0.669. The molecular weight excluding hydrogens is 292 g/mol. The fraction of sp³-hybridized carbons (Fsp3) is 0.125. The second kappa shape index (κ2) is 6.41. The fourth-order valence-corrected chi connectivity index (χ4v) is 1.90. The Morgan fingerprint density at radius 1 is 1.10 bits per heavy atom. The molecule has 0 amide bonds. The van der Waals surface area contributed by atoms with Gasteiger partial charge in [-0.15, -0.1) is 0 Å². The molecule has 5 heteroatoms. The number of rotatable bonds is 5. The molecule has 4 nitrogen and oxygen atoms in total. The molecule has 0 aromatic heterocycles. The van der Waals surface area contributed by atoms with Crippen LogP contribution in [0, 0.1) is 5.92 Å². The first-order chi connectivity index (χ1) is 9.97. The van der Waals surface area contributed by atoms with E-state index in [-0.39, 0.29) is 0 Å². The Morgan fingerprint density at radius 3 is 2.33 bits per heavy atom. The molecule has 2 rings (SSSR count). The maximum absolute atomic E-state index is 11.9. The van der Waals surface area contributed by atoms with Crippen molar-refractivity contribution in [2.45, 2.75) is 6.92 Å². The van der Waals surface area contributed by atoms with Crippen LogP contribution in [-0.4, -0.2) is 16.9 Å². The zero-order valence-corrected chi connectivity index (χ0v) is 12.0. The normalized spacial score (nSPS) is 11.7. The third-order valence-electron chi connectivity index (χ3n) is 2.93. The maximum atomic E-state index is 11.9. The zero-order valence-electron chi connectivity index (χ0n) is 11.2. The summed E-state index contributed by atoms with van der Waals surface area (Å²) in [6.07, 6.45) is 0. The number of ketones is 1. The van der Waals surface area contributed by atoms with Crippen molar-refractivity contribution < 1.29 is 19.4 Å². The smallest absolute Gasteiger partial charge is 0.314 e. The van der Waals surface area contributed by atoms with Crippen LogP contribution in [0.3, 0.4) is 0 Å². The molecule has 0 aliphatic heterocycles. The molecule has 1 atom stereocenters. The summed E-state index contributed by atoms with van der Waals surface area (Å²) < 4.78 is 5.59. The highest BCUT2D eigenvalue weighted by Crippen LogP contribution is 2.24. The number of carboxylic acids is 1. The molecule has 2 aromatic rings. The molecule has 21 heavy (non-hydrogen) atoms. The van der Waals surface area contributed by atoms with Crippen molar-refractivity contribution >= 4 is 23.4 Å². The Bertz CT molecular complexity index is 664. The lowest BCUT2D eigenvalue weighted by atomic mass is 10.00. The number of hydrogen-bond donors (Lipinski definition) is 1. The van der Waals surface area contributed by atoms with E-state index in [1.807, 2.05) is 0 Å². The Hall–Kier alpha value is -2.33. The number of ether oxygens (including phenoxy) is 1. The van der Waals surface area contributed by atoms with Crippen LogP contribution in [0.25, 0.3) is 0 Å². The summed E-state index contributed by atoms with van der Waals surface area (Å²) in [6, 6.07) is 13.3. The lowest BCUT2D eigenvalue weighted by molar-refractivity contribution is -0.139. The van der Waals surface area contributed by atoms with Crippen LogP contribution in [0.1, 0.15) is 17.3 Å². The first-order valence-electron chi connectivity index (χ1n) is 6.28. The maximum Gasteiger partial charge on any atom is 0.314 e. The van der Waals surface area contributed by atoms with Gasteiger partial charge < -0.3 is 9.84 Å². The molecule has 1 N–H and O–H groups in total. The lowest BCUT2D eigenvalue weighted by Gasteiger charge is -2.08. The number of aliphatic carboxylic acids is 1. The van der Waals surface area contributed by atoms with Gasteiger partial charge in [-0.25, -0.2) is 0 Å². The van der Waals surface area contributed by atoms with Crippen molar-refractivity contribution in [2.75, 3.05) is 0 Å². The number of benzene rings is 2. The van der Waals surface area contributed by atoms with E-state index in [2.05, 4.69) is 0 Å². The van der Waals surface area contributed by atoms with Crippen LogP contribution in [0.5, 0.6) is 11.5 Å². The van der Waals surface area contributed by atoms with Gasteiger partial charge in [0.2, 0.25) is 0 Å². The van der Waals surface area contributed by atoms with Crippen LogP contribution < -0.4 is 4.74 Å². The zero-order chi connectivity index (χ0) is 15.4. The van der Waals surface area contributed by atoms with E-state index >= 15 is 0 Å². The molecule has 0 bridgehead atoms. The Labute approximate surface area is 126 Å².